The van der Waals surface area contributed by atoms with Crippen LogP contribution in [0.1, 0.15) is 36.6 Å². The summed E-state index contributed by atoms with van der Waals surface area (Å²) < 4.78 is 11.5. The van der Waals surface area contributed by atoms with Crippen molar-refractivity contribution in [3.05, 3.63) is 41.1 Å². The van der Waals surface area contributed by atoms with Crippen LogP contribution in [0, 0.1) is 0 Å². The fourth-order valence-electron chi connectivity index (χ4n) is 2.42. The van der Waals surface area contributed by atoms with Crippen LogP contribution in [0.15, 0.2) is 24.3 Å². The fourth-order valence-corrected chi connectivity index (χ4v) is 2.42. The van der Waals surface area contributed by atoms with Crippen LogP contribution < -0.4 is 10.5 Å². The lowest BCUT2D eigenvalue weighted by atomic mass is 10.0. The molecular formula is C17H23N3O3. The summed E-state index contributed by atoms with van der Waals surface area (Å²) in [5.74, 6) is 0.430. The predicted octanol–water partition coefficient (Wildman–Crippen LogP) is 3.08. The summed E-state index contributed by atoms with van der Waals surface area (Å²) in [6, 6.07) is 7.65. The van der Waals surface area contributed by atoms with Crippen LogP contribution in [0.5, 0.6) is 5.88 Å². The summed E-state index contributed by atoms with van der Waals surface area (Å²) in [5, 5.41) is 4.51. The molecule has 0 unspecified atom stereocenters. The van der Waals surface area contributed by atoms with E-state index < -0.39 is 6.16 Å². The minimum absolute atomic E-state index is 0.430. The van der Waals surface area contributed by atoms with E-state index in [-0.39, 0.29) is 0 Å². The largest absolute Gasteiger partial charge is 0.514 e. The number of nitrogen functional groups attached to an aromatic ring is 1. The minimum Gasteiger partial charge on any atom is -0.437 e. The molecule has 2 rings (SSSR count). The molecule has 0 amide bonds. The Bertz CT molecular complexity index is 662. The summed E-state index contributed by atoms with van der Waals surface area (Å²) in [7, 11) is 3.05. The number of benzene rings is 1. The quantitative estimate of drug-likeness (QED) is 0.654. The number of hydrogen-bond acceptors (Lipinski definition) is 5. The van der Waals surface area contributed by atoms with E-state index in [1.807, 2.05) is 24.3 Å². The molecule has 0 aliphatic rings. The van der Waals surface area contributed by atoms with Gasteiger partial charge in [-0.2, -0.15) is 5.10 Å². The fraction of sp³-hybridized carbons (Fsp3) is 0.412. The van der Waals surface area contributed by atoms with Crippen LogP contribution in [0.4, 0.5) is 10.5 Å². The maximum absolute atomic E-state index is 11.5. The van der Waals surface area contributed by atoms with Crippen LogP contribution >= 0.6 is 0 Å². The number of nitrogens with two attached hydrogens (primary N) is 1. The van der Waals surface area contributed by atoms with Gasteiger partial charge in [-0.3, -0.25) is 0 Å². The van der Waals surface area contributed by atoms with Crippen molar-refractivity contribution in [3.8, 4) is 5.88 Å². The second-order valence-corrected chi connectivity index (χ2v) is 5.43. The first-order valence-corrected chi connectivity index (χ1v) is 7.70. The van der Waals surface area contributed by atoms with E-state index in [0.29, 0.717) is 12.3 Å². The molecule has 6 nitrogen and oxygen atoms in total. The van der Waals surface area contributed by atoms with Gasteiger partial charge in [0.25, 0.3) is 0 Å². The van der Waals surface area contributed by atoms with Crippen molar-refractivity contribution in [1.29, 1.82) is 0 Å². The van der Waals surface area contributed by atoms with Crippen molar-refractivity contribution in [1.82, 2.24) is 9.78 Å². The first-order valence-electron chi connectivity index (χ1n) is 7.70. The van der Waals surface area contributed by atoms with E-state index in [9.17, 15) is 4.79 Å². The van der Waals surface area contributed by atoms with E-state index in [1.165, 1.54) is 7.11 Å². The van der Waals surface area contributed by atoms with Crippen LogP contribution in [-0.4, -0.2) is 23.0 Å². The number of carbonyl (C=O) groups excluding carboxylic acids is 1. The van der Waals surface area contributed by atoms with Gasteiger partial charge in [0.15, 0.2) is 0 Å². The Balaban J connectivity index is 2.34. The van der Waals surface area contributed by atoms with Crippen LogP contribution in [-0.2, 0) is 24.6 Å². The summed E-state index contributed by atoms with van der Waals surface area (Å²) in [6.07, 6.45) is 2.83. The minimum atomic E-state index is -0.742. The average molecular weight is 317 g/mol. The van der Waals surface area contributed by atoms with E-state index in [0.717, 1.165) is 41.8 Å². The maximum atomic E-state index is 11.5. The van der Waals surface area contributed by atoms with Gasteiger partial charge in [-0.1, -0.05) is 25.5 Å². The average Bonchev–Trinajstić information content (AvgIpc) is 2.83. The molecule has 0 radical (unpaired) electrons. The van der Waals surface area contributed by atoms with Crippen LogP contribution in [0.3, 0.4) is 0 Å². The van der Waals surface area contributed by atoms with Gasteiger partial charge in [0.2, 0.25) is 5.88 Å². The third kappa shape index (κ3) is 4.25. The van der Waals surface area contributed by atoms with Gasteiger partial charge in [-0.25, -0.2) is 9.48 Å². The molecule has 1 heterocycles. The second kappa shape index (κ2) is 7.67. The zero-order valence-corrected chi connectivity index (χ0v) is 13.8. The number of methoxy groups -OCH3 is 1. The number of unbranched alkanes of at least 4 members (excludes halogenated alkanes) is 1. The number of ether oxygens (including phenoxy) is 2. The molecular weight excluding hydrogens is 294 g/mol. The standard InChI is InChI=1S/C17H23N3O3/c1-4-5-6-15-14(11-12-7-9-13(18)10-8-12)16(20(2)19-15)23-17(21)22-3/h7-10H,4-6,11,18H2,1-3H3. The van der Waals surface area contributed by atoms with E-state index in [2.05, 4.69) is 16.8 Å². The van der Waals surface area contributed by atoms with Crippen molar-refractivity contribution >= 4 is 11.8 Å². The zero-order chi connectivity index (χ0) is 16.8. The lowest BCUT2D eigenvalue weighted by Gasteiger charge is -2.08. The van der Waals surface area contributed by atoms with E-state index in [4.69, 9.17) is 10.5 Å². The van der Waals surface area contributed by atoms with E-state index >= 15 is 0 Å². The lowest BCUT2D eigenvalue weighted by Crippen LogP contribution is -2.11. The molecule has 6 heteroatoms. The molecule has 1 aromatic heterocycles. The molecule has 0 aliphatic heterocycles. The topological polar surface area (TPSA) is 79.4 Å². The number of aromatic nitrogens is 2. The molecule has 0 bridgehead atoms. The van der Waals surface area contributed by atoms with Gasteiger partial charge < -0.3 is 15.2 Å². The van der Waals surface area contributed by atoms with Crippen molar-refractivity contribution in [2.24, 2.45) is 7.05 Å². The number of rotatable bonds is 6. The lowest BCUT2D eigenvalue weighted by molar-refractivity contribution is 0.117. The molecule has 0 aliphatic carbocycles. The Hall–Kier alpha value is -2.50. The molecule has 2 aromatic rings. The summed E-state index contributed by atoms with van der Waals surface area (Å²) in [6.45, 7) is 2.13. The van der Waals surface area contributed by atoms with Crippen LogP contribution in [0.25, 0.3) is 0 Å². The normalized spacial score (nSPS) is 10.6. The van der Waals surface area contributed by atoms with Crippen molar-refractivity contribution in [3.63, 3.8) is 0 Å². The molecule has 0 atom stereocenters. The highest BCUT2D eigenvalue weighted by atomic mass is 16.7. The highest BCUT2D eigenvalue weighted by Crippen LogP contribution is 2.27. The van der Waals surface area contributed by atoms with Gasteiger partial charge in [-0.05, 0) is 30.5 Å². The predicted molar refractivity (Wildman–Crippen MR) is 88.5 cm³/mol. The molecule has 0 saturated carbocycles. The molecule has 0 spiro atoms. The maximum Gasteiger partial charge on any atom is 0.514 e. The van der Waals surface area contributed by atoms with Gasteiger partial charge >= 0.3 is 6.16 Å². The van der Waals surface area contributed by atoms with Crippen molar-refractivity contribution < 1.29 is 14.3 Å². The third-order valence-electron chi connectivity index (χ3n) is 3.65. The Morgan fingerprint density at radius 2 is 2.00 bits per heavy atom. The Labute approximate surface area is 136 Å². The second-order valence-electron chi connectivity index (χ2n) is 5.43. The van der Waals surface area contributed by atoms with Crippen LogP contribution in [0.2, 0.25) is 0 Å². The highest BCUT2D eigenvalue weighted by Gasteiger charge is 2.20. The first kappa shape index (κ1) is 16.9. The Morgan fingerprint density at radius 3 is 2.61 bits per heavy atom. The third-order valence-corrected chi connectivity index (χ3v) is 3.65. The Kier molecular flexibility index (Phi) is 5.62. The van der Waals surface area contributed by atoms with Gasteiger partial charge in [0.05, 0.1) is 12.8 Å². The summed E-state index contributed by atoms with van der Waals surface area (Å²) in [4.78, 5) is 11.5. The monoisotopic (exact) mass is 317 g/mol. The molecule has 1 aromatic carbocycles. The summed E-state index contributed by atoms with van der Waals surface area (Å²) >= 11 is 0. The molecule has 0 saturated heterocycles. The molecule has 0 fully saturated rings. The van der Waals surface area contributed by atoms with Gasteiger partial charge in [-0.15, -0.1) is 0 Å². The number of nitrogens with zero attached hydrogens (tertiary/aromatic N) is 2. The number of hydrogen-bond donors (Lipinski definition) is 1. The molecule has 124 valence electrons. The Morgan fingerprint density at radius 1 is 1.30 bits per heavy atom. The van der Waals surface area contributed by atoms with Gasteiger partial charge in [0, 0.05) is 24.7 Å². The van der Waals surface area contributed by atoms with Crippen molar-refractivity contribution in [2.45, 2.75) is 32.6 Å². The van der Waals surface area contributed by atoms with Crippen molar-refractivity contribution in [2.75, 3.05) is 12.8 Å². The number of carbonyl (C=O) groups is 1. The number of anilines is 1. The number of aryl methyl sites for hydroxylation is 2. The summed E-state index contributed by atoms with van der Waals surface area (Å²) in [5.41, 5.74) is 9.40. The molecule has 23 heavy (non-hydrogen) atoms. The smallest absolute Gasteiger partial charge is 0.437 e. The van der Waals surface area contributed by atoms with Gasteiger partial charge in [0.1, 0.15) is 0 Å². The highest BCUT2D eigenvalue weighted by molar-refractivity contribution is 5.64. The molecule has 2 N–H and O–H groups in total. The first-order chi connectivity index (χ1) is 11.0. The zero-order valence-electron chi connectivity index (χ0n) is 13.8. The van der Waals surface area contributed by atoms with E-state index in [1.54, 1.807) is 11.7 Å². The SMILES string of the molecule is CCCCc1nn(C)c(OC(=O)OC)c1Cc1ccc(N)cc1.